The van der Waals surface area contributed by atoms with Gasteiger partial charge in [0.25, 0.3) is 0 Å². The molecular formula is C53H71FN11O12P. The summed E-state index contributed by atoms with van der Waals surface area (Å²) >= 11 is 0. The summed E-state index contributed by atoms with van der Waals surface area (Å²) in [5.74, 6) is -0.556. The Bertz CT molecular complexity index is 2780. The molecule has 0 spiro atoms. The SMILES string of the molecule is CCCCCCCCCCCCCCCCCCOC[C@@H](COP(=O)(OC[C@H]1O[C@@](C#N)(c2ccc3c(N)ncnn23)[C@H](O)[C@@H]1O)OC[C@H]1O[C@@](C#N)(c2ccc3c(N)ncnn23)[C@H](O)[C@@H]1O)OCc1cc(F)cc(C#N)c1. The number of aliphatic hydroxyl groups excluding tert-OH is 4. The second-order valence-electron chi connectivity index (χ2n) is 19.8. The Balaban J connectivity index is 1.02. The summed E-state index contributed by atoms with van der Waals surface area (Å²) in [6.07, 6.45) is 9.82. The quantitative estimate of drug-likeness (QED) is 0.0197. The third-order valence-corrected chi connectivity index (χ3v) is 15.6. The van der Waals surface area contributed by atoms with Crippen molar-refractivity contribution in [2.45, 2.75) is 170 Å². The Kier molecular flexibility index (Phi) is 21.8. The molecule has 0 bridgehead atoms. The van der Waals surface area contributed by atoms with Gasteiger partial charge >= 0.3 is 7.82 Å². The van der Waals surface area contributed by atoms with Gasteiger partial charge in [-0.15, -0.1) is 0 Å². The second-order valence-corrected chi connectivity index (χ2v) is 21.5. The Hall–Kier alpha value is -5.75. The number of benzene rings is 1. The summed E-state index contributed by atoms with van der Waals surface area (Å²) in [6.45, 7) is -0.0660. The number of nitrogens with zero attached hydrogens (tertiary/aromatic N) is 9. The summed E-state index contributed by atoms with van der Waals surface area (Å²) in [6, 6.07) is 15.3. The van der Waals surface area contributed by atoms with E-state index in [1.165, 1.54) is 122 Å². The van der Waals surface area contributed by atoms with Crippen LogP contribution in [0.3, 0.4) is 0 Å². The minimum Gasteiger partial charge on any atom is -0.387 e. The van der Waals surface area contributed by atoms with Crippen molar-refractivity contribution in [3.05, 3.63) is 83.5 Å². The van der Waals surface area contributed by atoms with Gasteiger partial charge in [-0.25, -0.2) is 28.0 Å². The molecule has 78 heavy (non-hydrogen) atoms. The standard InChI is InChI=1S/C53H71FN11O12P/c1-2-3-4-5-6-7-8-9-10-11-12-13-14-15-16-17-22-71-28-39(72-27-37-23-36(26-55)24-38(54)25-37)29-73-78(70,74-30-42-46(66)48(68)52(32-56,76-42)44-20-18-40-50(58)60-34-62-64(40)44)75-31-43-47(67)49(69)53(33-57,77-43)45-21-19-41-51(59)61-35-63-65(41)45/h18-21,23-25,34-35,39,42-43,46-49,66-69H,2-17,22,27-31H2,1H3,(H2,58,60,62)(H2,59,61,63)/t39-,42+,43+,46+,47+,48+,49+,52-,53-/m0/s1. The van der Waals surface area contributed by atoms with E-state index in [4.69, 9.17) is 44.0 Å². The zero-order chi connectivity index (χ0) is 55.7. The molecule has 2 fully saturated rings. The number of rotatable bonds is 33. The number of ether oxygens (including phenoxy) is 4. The number of nitrogen functional groups attached to an aromatic ring is 2. The molecule has 0 saturated carbocycles. The fraction of sp³-hybridized carbons (Fsp3) is 0.604. The van der Waals surface area contributed by atoms with E-state index >= 15 is 0 Å². The number of aromatic nitrogens is 6. The highest BCUT2D eigenvalue weighted by Crippen LogP contribution is 2.52. The van der Waals surface area contributed by atoms with Crippen LogP contribution in [-0.4, -0.2) is 125 Å². The molecular weight excluding hydrogens is 1030 g/mol. The number of hydrogen-bond donors (Lipinski definition) is 6. The molecule has 8 N–H and O–H groups in total. The number of halogens is 1. The highest BCUT2D eigenvalue weighted by atomic mass is 31.2. The van der Waals surface area contributed by atoms with E-state index < -0.39 is 87.4 Å². The van der Waals surface area contributed by atoms with Crippen molar-refractivity contribution in [3.63, 3.8) is 0 Å². The molecule has 2 aliphatic heterocycles. The van der Waals surface area contributed by atoms with Crippen LogP contribution in [0.5, 0.6) is 0 Å². The van der Waals surface area contributed by atoms with Crippen molar-refractivity contribution >= 4 is 30.5 Å². The average Bonchev–Trinajstić information content (AvgIpc) is 4.41. The number of hydrogen-bond acceptors (Lipinski definition) is 21. The van der Waals surface area contributed by atoms with E-state index in [1.807, 2.05) is 18.2 Å². The van der Waals surface area contributed by atoms with Crippen LogP contribution in [0.4, 0.5) is 16.0 Å². The first-order chi connectivity index (χ1) is 37.7. The fourth-order valence-electron chi connectivity index (χ4n) is 9.84. The van der Waals surface area contributed by atoms with Crippen molar-refractivity contribution in [3.8, 4) is 18.2 Å². The minimum absolute atomic E-state index is 0.0181. The van der Waals surface area contributed by atoms with Crippen molar-refractivity contribution < 1.29 is 61.9 Å². The molecule has 23 nitrogen and oxygen atoms in total. The maximum Gasteiger partial charge on any atom is 0.475 e. The van der Waals surface area contributed by atoms with E-state index in [0.717, 1.165) is 44.4 Å². The number of nitriles is 3. The Morgan fingerprint density at radius 1 is 0.692 bits per heavy atom. The van der Waals surface area contributed by atoms with E-state index in [1.54, 1.807) is 0 Å². The molecule has 0 unspecified atom stereocenters. The molecule has 25 heteroatoms. The van der Waals surface area contributed by atoms with Crippen LogP contribution in [-0.2, 0) is 54.9 Å². The van der Waals surface area contributed by atoms with Crippen molar-refractivity contribution in [1.82, 2.24) is 29.2 Å². The number of anilines is 2. The van der Waals surface area contributed by atoms with Crippen LogP contribution in [0, 0.1) is 39.8 Å². The Labute approximate surface area is 452 Å². The predicted molar refractivity (Wildman–Crippen MR) is 279 cm³/mol. The number of fused-ring (bicyclic) bond motifs is 2. The molecule has 0 radical (unpaired) electrons. The van der Waals surface area contributed by atoms with Gasteiger partial charge in [0.1, 0.15) is 84.4 Å². The van der Waals surface area contributed by atoms with Crippen LogP contribution in [0.1, 0.15) is 132 Å². The third kappa shape index (κ3) is 14.3. The topological polar surface area (TPSA) is 346 Å². The number of phosphoric acid groups is 1. The van der Waals surface area contributed by atoms with Crippen LogP contribution in [0.25, 0.3) is 11.0 Å². The Morgan fingerprint density at radius 3 is 1.63 bits per heavy atom. The lowest BCUT2D eigenvalue weighted by Gasteiger charge is -2.26. The monoisotopic (exact) mass is 1100 g/mol. The first-order valence-electron chi connectivity index (χ1n) is 26.7. The van der Waals surface area contributed by atoms with Gasteiger partial charge in [0, 0.05) is 6.61 Å². The average molecular weight is 1100 g/mol. The summed E-state index contributed by atoms with van der Waals surface area (Å²) in [5, 5.41) is 84.3. The lowest BCUT2D eigenvalue weighted by Crippen LogP contribution is -2.41. The molecule has 9 atom stereocenters. The smallest absolute Gasteiger partial charge is 0.387 e. The van der Waals surface area contributed by atoms with Gasteiger partial charge in [-0.05, 0) is 54.4 Å². The molecule has 6 heterocycles. The van der Waals surface area contributed by atoms with Gasteiger partial charge < -0.3 is 50.8 Å². The lowest BCUT2D eigenvalue weighted by molar-refractivity contribution is -0.0802. The molecule has 0 aliphatic carbocycles. The van der Waals surface area contributed by atoms with Crippen molar-refractivity contribution in [1.29, 1.82) is 15.8 Å². The van der Waals surface area contributed by atoms with Gasteiger partial charge in [0.05, 0.1) is 56.1 Å². The van der Waals surface area contributed by atoms with Gasteiger partial charge in [-0.2, -0.15) is 26.0 Å². The number of unbranched alkanes of at least 4 members (excludes halogenated alkanes) is 15. The summed E-state index contributed by atoms with van der Waals surface area (Å²) < 4.78 is 73.6. The van der Waals surface area contributed by atoms with Crippen molar-refractivity contribution in [2.24, 2.45) is 0 Å². The molecule has 1 aromatic carbocycles. The van der Waals surface area contributed by atoms with Gasteiger partial charge in [0.15, 0.2) is 11.6 Å². The second kappa shape index (κ2) is 28.4. The van der Waals surface area contributed by atoms with E-state index in [0.29, 0.717) is 12.2 Å². The molecule has 5 aromatic rings. The number of aliphatic hydroxyl groups is 4. The zero-order valence-corrected chi connectivity index (χ0v) is 44.7. The molecule has 2 saturated heterocycles. The highest BCUT2D eigenvalue weighted by molar-refractivity contribution is 7.48. The maximum absolute atomic E-state index is 14.9. The maximum atomic E-state index is 14.9. The van der Waals surface area contributed by atoms with Crippen LogP contribution < -0.4 is 11.5 Å². The third-order valence-electron chi connectivity index (χ3n) is 14.2. The van der Waals surface area contributed by atoms with Crippen molar-refractivity contribution in [2.75, 3.05) is 44.5 Å². The Morgan fingerprint density at radius 2 is 1.17 bits per heavy atom. The first-order valence-corrected chi connectivity index (χ1v) is 28.2. The summed E-state index contributed by atoms with van der Waals surface area (Å²) in [5.41, 5.74) is 8.36. The van der Waals surface area contributed by atoms with Crippen LogP contribution >= 0.6 is 7.82 Å². The number of nitrogens with two attached hydrogens (primary N) is 2. The first kappa shape index (κ1) is 59.9. The van der Waals surface area contributed by atoms with Gasteiger partial charge in [-0.3, -0.25) is 13.6 Å². The largest absolute Gasteiger partial charge is 0.475 e. The van der Waals surface area contributed by atoms with Crippen LogP contribution in [0.15, 0.2) is 55.1 Å². The van der Waals surface area contributed by atoms with Crippen LogP contribution in [0.2, 0.25) is 0 Å². The highest BCUT2D eigenvalue weighted by Gasteiger charge is 2.59. The van der Waals surface area contributed by atoms with Gasteiger partial charge in [-0.1, -0.05) is 103 Å². The number of phosphoric ester groups is 1. The normalized spacial score (nSPS) is 23.7. The lowest BCUT2D eigenvalue weighted by atomic mass is 9.92. The summed E-state index contributed by atoms with van der Waals surface area (Å²) in [7, 11) is -5.01. The molecule has 0 amide bonds. The van der Waals surface area contributed by atoms with Gasteiger partial charge in [0.2, 0.25) is 11.2 Å². The fourth-order valence-corrected chi connectivity index (χ4v) is 11.1. The predicted octanol–water partition coefficient (Wildman–Crippen LogP) is 6.35. The molecule has 422 valence electrons. The zero-order valence-electron chi connectivity index (χ0n) is 43.9. The molecule has 7 rings (SSSR count). The van der Waals surface area contributed by atoms with E-state index in [9.17, 15) is 45.2 Å². The molecule has 2 aliphatic rings. The van der Waals surface area contributed by atoms with E-state index in [2.05, 4.69) is 27.1 Å². The summed E-state index contributed by atoms with van der Waals surface area (Å²) in [4.78, 5) is 7.88. The minimum atomic E-state index is -5.01. The van der Waals surface area contributed by atoms with E-state index in [-0.39, 0.29) is 52.8 Å². The molecule has 4 aromatic heterocycles.